The summed E-state index contributed by atoms with van der Waals surface area (Å²) in [7, 11) is 0. The first-order chi connectivity index (χ1) is 11.6. The third-order valence-corrected chi connectivity index (χ3v) is 3.85. The van der Waals surface area contributed by atoms with Crippen LogP contribution < -0.4 is 10.6 Å². The summed E-state index contributed by atoms with van der Waals surface area (Å²) in [6.45, 7) is 0.636. The fraction of sp³-hybridized carbons (Fsp3) is 0.0588. The summed E-state index contributed by atoms with van der Waals surface area (Å²) in [5.41, 5.74) is 2.82. The van der Waals surface area contributed by atoms with E-state index in [1.54, 1.807) is 17.1 Å². The fourth-order valence-electron chi connectivity index (χ4n) is 2.22. The molecule has 0 aliphatic heterocycles. The maximum atomic E-state index is 5.97. The van der Waals surface area contributed by atoms with Crippen molar-refractivity contribution in [3.63, 3.8) is 0 Å². The largest absolute Gasteiger partial charge is 0.332 e. The van der Waals surface area contributed by atoms with E-state index in [1.807, 2.05) is 48.5 Å². The summed E-state index contributed by atoms with van der Waals surface area (Å²) in [4.78, 5) is 0. The summed E-state index contributed by atoms with van der Waals surface area (Å²) in [6, 6.07) is 15.3. The highest BCUT2D eigenvalue weighted by Gasteiger charge is 2.02. The molecule has 7 heteroatoms. The van der Waals surface area contributed by atoms with E-state index in [0.29, 0.717) is 21.7 Å². The molecule has 0 atom stereocenters. The average Bonchev–Trinajstić information content (AvgIpc) is 2.92. The van der Waals surface area contributed by atoms with Gasteiger partial charge in [0, 0.05) is 22.6 Å². The van der Waals surface area contributed by atoms with Gasteiger partial charge in [-0.05, 0) is 48.1 Å². The summed E-state index contributed by atoms with van der Waals surface area (Å²) in [5.74, 6) is 0. The first-order valence-electron chi connectivity index (χ1n) is 7.19. The fourth-order valence-corrected chi connectivity index (χ4v) is 2.80. The summed E-state index contributed by atoms with van der Waals surface area (Å²) in [5, 5.41) is 12.2. The summed E-state index contributed by atoms with van der Waals surface area (Å²) >= 11 is 17.2. The number of hydrogen-bond donors (Lipinski definition) is 2. The molecule has 24 heavy (non-hydrogen) atoms. The summed E-state index contributed by atoms with van der Waals surface area (Å²) < 4.78 is 1.78. The van der Waals surface area contributed by atoms with Crippen LogP contribution in [0, 0.1) is 0 Å². The van der Waals surface area contributed by atoms with Crippen molar-refractivity contribution in [2.75, 3.05) is 10.6 Å². The molecular weight excluding hydrogens is 363 g/mol. The molecule has 4 nitrogen and oxygen atoms in total. The number of nitrogens with zero attached hydrogens (tertiary/aromatic N) is 2. The Morgan fingerprint density at radius 3 is 2.38 bits per heavy atom. The van der Waals surface area contributed by atoms with Crippen molar-refractivity contribution in [1.82, 2.24) is 9.78 Å². The number of thiocarbonyl (C=S) groups is 1. The van der Waals surface area contributed by atoms with Crippen molar-refractivity contribution in [3.8, 4) is 0 Å². The lowest BCUT2D eigenvalue weighted by molar-refractivity contribution is 0.687. The van der Waals surface area contributed by atoms with E-state index in [9.17, 15) is 0 Å². The van der Waals surface area contributed by atoms with E-state index in [0.717, 1.165) is 16.9 Å². The minimum atomic E-state index is 0.497. The van der Waals surface area contributed by atoms with Gasteiger partial charge in [-0.25, -0.2) is 0 Å². The second-order valence-corrected chi connectivity index (χ2v) is 6.43. The second kappa shape index (κ2) is 7.66. The molecule has 2 N–H and O–H groups in total. The maximum Gasteiger partial charge on any atom is 0.175 e. The number of aromatic nitrogens is 2. The number of anilines is 2. The van der Waals surface area contributed by atoms with Gasteiger partial charge in [0.05, 0.1) is 17.8 Å². The number of rotatable bonds is 4. The third kappa shape index (κ3) is 4.71. The van der Waals surface area contributed by atoms with Crippen molar-refractivity contribution < 1.29 is 0 Å². The van der Waals surface area contributed by atoms with E-state index >= 15 is 0 Å². The van der Waals surface area contributed by atoms with Gasteiger partial charge in [-0.3, -0.25) is 4.68 Å². The molecule has 2 aromatic carbocycles. The van der Waals surface area contributed by atoms with Gasteiger partial charge in [0.1, 0.15) is 0 Å². The van der Waals surface area contributed by atoms with Crippen LogP contribution in [-0.4, -0.2) is 14.9 Å². The Hall–Kier alpha value is -2.08. The number of nitrogens with one attached hydrogen (secondary N) is 2. The minimum absolute atomic E-state index is 0.497. The van der Waals surface area contributed by atoms with Gasteiger partial charge in [0.2, 0.25) is 0 Å². The molecule has 0 spiro atoms. The Labute approximate surface area is 155 Å². The zero-order valence-corrected chi connectivity index (χ0v) is 14.9. The quantitative estimate of drug-likeness (QED) is 0.625. The first kappa shape index (κ1) is 16.8. The molecule has 1 aromatic heterocycles. The predicted molar refractivity (Wildman–Crippen MR) is 104 cm³/mol. The average molecular weight is 377 g/mol. The molecule has 3 aromatic rings. The van der Waals surface area contributed by atoms with Crippen molar-refractivity contribution in [2.24, 2.45) is 0 Å². The molecule has 0 aliphatic rings. The van der Waals surface area contributed by atoms with E-state index in [4.69, 9.17) is 35.4 Å². The highest BCUT2D eigenvalue weighted by molar-refractivity contribution is 7.80. The van der Waals surface area contributed by atoms with Crippen molar-refractivity contribution in [1.29, 1.82) is 0 Å². The maximum absolute atomic E-state index is 5.97. The van der Waals surface area contributed by atoms with Crippen LogP contribution in [0.15, 0.2) is 60.9 Å². The van der Waals surface area contributed by atoms with Gasteiger partial charge >= 0.3 is 0 Å². The van der Waals surface area contributed by atoms with Crippen LogP contribution in [0.3, 0.4) is 0 Å². The smallest absolute Gasteiger partial charge is 0.175 e. The van der Waals surface area contributed by atoms with Crippen molar-refractivity contribution in [3.05, 3.63) is 76.5 Å². The molecule has 0 amide bonds. The number of hydrogen-bond acceptors (Lipinski definition) is 2. The first-order valence-corrected chi connectivity index (χ1v) is 8.35. The highest BCUT2D eigenvalue weighted by Crippen LogP contribution is 2.17. The van der Waals surface area contributed by atoms with Crippen LogP contribution in [0.4, 0.5) is 11.4 Å². The molecule has 0 aliphatic carbocycles. The van der Waals surface area contributed by atoms with Crippen molar-refractivity contribution >= 4 is 51.9 Å². The minimum Gasteiger partial charge on any atom is -0.332 e. The lowest BCUT2D eigenvalue weighted by atomic mass is 10.2. The molecule has 0 radical (unpaired) electrons. The lowest BCUT2D eigenvalue weighted by Gasteiger charge is -2.12. The third-order valence-electron chi connectivity index (χ3n) is 3.21. The van der Waals surface area contributed by atoms with E-state index in [2.05, 4.69) is 15.7 Å². The topological polar surface area (TPSA) is 41.9 Å². The Kier molecular flexibility index (Phi) is 5.35. The zero-order valence-electron chi connectivity index (χ0n) is 12.5. The van der Waals surface area contributed by atoms with Crippen LogP contribution in [0.1, 0.15) is 5.56 Å². The van der Waals surface area contributed by atoms with Gasteiger partial charge in [0.15, 0.2) is 5.11 Å². The molecule has 0 unspecified atom stereocenters. The van der Waals surface area contributed by atoms with Crippen LogP contribution in [-0.2, 0) is 6.54 Å². The lowest BCUT2D eigenvalue weighted by Crippen LogP contribution is -2.19. The summed E-state index contributed by atoms with van der Waals surface area (Å²) in [6.07, 6.45) is 3.40. The highest BCUT2D eigenvalue weighted by atomic mass is 35.5. The van der Waals surface area contributed by atoms with E-state index in [1.165, 1.54) is 0 Å². The Morgan fingerprint density at radius 1 is 1.00 bits per heavy atom. The van der Waals surface area contributed by atoms with Crippen LogP contribution in [0.5, 0.6) is 0 Å². The van der Waals surface area contributed by atoms with Crippen LogP contribution in [0.2, 0.25) is 10.0 Å². The normalized spacial score (nSPS) is 10.4. The van der Waals surface area contributed by atoms with E-state index in [-0.39, 0.29) is 0 Å². The molecule has 122 valence electrons. The Bertz CT molecular complexity index is 863. The molecular formula is C17H14Cl2N4S. The second-order valence-electron chi connectivity index (χ2n) is 5.15. The molecule has 0 saturated carbocycles. The number of halogens is 2. The van der Waals surface area contributed by atoms with Crippen LogP contribution >= 0.6 is 35.4 Å². The van der Waals surface area contributed by atoms with Gasteiger partial charge in [-0.1, -0.05) is 41.4 Å². The van der Waals surface area contributed by atoms with E-state index < -0.39 is 0 Å². The zero-order chi connectivity index (χ0) is 16.9. The molecule has 3 rings (SSSR count). The molecule has 0 fully saturated rings. The molecule has 0 saturated heterocycles. The van der Waals surface area contributed by atoms with Crippen molar-refractivity contribution in [2.45, 2.75) is 6.54 Å². The van der Waals surface area contributed by atoms with Gasteiger partial charge in [0.25, 0.3) is 0 Å². The Morgan fingerprint density at radius 2 is 1.71 bits per heavy atom. The van der Waals surface area contributed by atoms with Gasteiger partial charge in [-0.2, -0.15) is 5.10 Å². The van der Waals surface area contributed by atoms with Gasteiger partial charge in [-0.15, -0.1) is 0 Å². The monoisotopic (exact) mass is 376 g/mol. The number of benzene rings is 2. The predicted octanol–water partition coefficient (Wildman–Crippen LogP) is 5.05. The Balaban J connectivity index is 1.64. The van der Waals surface area contributed by atoms with Gasteiger partial charge < -0.3 is 10.6 Å². The molecule has 1 heterocycles. The SMILES string of the molecule is S=C(Nc1cccc(Cl)c1)Nc1cccc(Cn2cc(Cl)cn2)c1. The molecule has 0 bridgehead atoms. The van der Waals surface area contributed by atoms with Crippen LogP contribution in [0.25, 0.3) is 0 Å². The standard InChI is InChI=1S/C17H14Cl2N4S/c18-13-4-2-6-16(8-13)22-17(24)21-15-5-1-3-12(7-15)10-23-11-14(19)9-20-23/h1-9,11H,10H2,(H2,21,22,24).